The van der Waals surface area contributed by atoms with E-state index in [1.807, 2.05) is 0 Å². The summed E-state index contributed by atoms with van der Waals surface area (Å²) in [6, 6.07) is 7.45. The number of hydrogen-bond donors (Lipinski definition) is 0. The Kier molecular flexibility index (Phi) is 4.69. The van der Waals surface area contributed by atoms with E-state index in [0.717, 1.165) is 17.8 Å². The van der Waals surface area contributed by atoms with Crippen molar-refractivity contribution in [3.05, 3.63) is 61.8 Å². The van der Waals surface area contributed by atoms with Crippen molar-refractivity contribution in [2.45, 2.75) is 5.75 Å². The normalized spacial score (nSPS) is 10.5. The number of rotatable bonds is 4. The lowest BCUT2D eigenvalue weighted by atomic mass is 10.2. The number of benzene rings is 1. The smallest absolute Gasteiger partial charge is 0.397 e. The van der Waals surface area contributed by atoms with Gasteiger partial charge in [-0.1, -0.05) is 41.0 Å². The summed E-state index contributed by atoms with van der Waals surface area (Å²) in [4.78, 5) is 21.6. The molecule has 0 saturated heterocycles. The molecule has 0 aliphatic rings. The number of halogens is 2. The Morgan fingerprint density at radius 3 is 2.45 bits per heavy atom. The molecular weight excluding hydrogens is 325 g/mol. The molecule has 0 amide bonds. The summed E-state index contributed by atoms with van der Waals surface area (Å²) in [5.41, 5.74) is 0.634. The zero-order valence-electron chi connectivity index (χ0n) is 9.84. The van der Waals surface area contributed by atoms with Crippen LogP contribution >= 0.6 is 35.0 Å². The van der Waals surface area contributed by atoms with Gasteiger partial charge in [0.15, 0.2) is 5.76 Å². The van der Waals surface area contributed by atoms with Crippen LogP contribution in [0, 0.1) is 10.1 Å². The number of carbonyl (C=O) groups is 1. The van der Waals surface area contributed by atoms with Crippen LogP contribution in [0.2, 0.25) is 10.0 Å². The van der Waals surface area contributed by atoms with Gasteiger partial charge in [-0.25, -0.2) is 0 Å². The van der Waals surface area contributed by atoms with E-state index >= 15 is 0 Å². The van der Waals surface area contributed by atoms with E-state index in [-0.39, 0.29) is 11.5 Å². The van der Waals surface area contributed by atoms with Crippen LogP contribution < -0.4 is 0 Å². The molecule has 0 bridgehead atoms. The second kappa shape index (κ2) is 6.30. The monoisotopic (exact) mass is 331 g/mol. The topological polar surface area (TPSA) is 73.3 Å². The highest BCUT2D eigenvalue weighted by molar-refractivity contribution is 8.13. The predicted octanol–water partition coefficient (Wildman–Crippen LogP) is 4.57. The number of hydrogen-bond acceptors (Lipinski definition) is 5. The van der Waals surface area contributed by atoms with Crippen molar-refractivity contribution in [2.24, 2.45) is 0 Å². The SMILES string of the molecule is O=C(SCc1c(Cl)cccc1Cl)c1ccc([N+](=O)[O-])o1. The highest BCUT2D eigenvalue weighted by atomic mass is 35.5. The highest BCUT2D eigenvalue weighted by Crippen LogP contribution is 2.30. The third-order valence-electron chi connectivity index (χ3n) is 2.38. The van der Waals surface area contributed by atoms with Crippen LogP contribution in [-0.2, 0) is 5.75 Å². The molecule has 0 atom stereocenters. The fourth-order valence-electron chi connectivity index (χ4n) is 1.41. The molecule has 104 valence electrons. The van der Waals surface area contributed by atoms with Crippen molar-refractivity contribution in [2.75, 3.05) is 0 Å². The molecule has 20 heavy (non-hydrogen) atoms. The molecule has 0 unspecified atom stereocenters. The standard InChI is InChI=1S/C12H7Cl2NO4S/c13-8-2-1-3-9(14)7(8)6-20-12(16)10-4-5-11(19-10)15(17)18/h1-5H,6H2. The zero-order chi connectivity index (χ0) is 14.7. The largest absolute Gasteiger partial charge is 0.433 e. The van der Waals surface area contributed by atoms with Gasteiger partial charge >= 0.3 is 5.88 Å². The zero-order valence-corrected chi connectivity index (χ0v) is 12.2. The van der Waals surface area contributed by atoms with Gasteiger partial charge < -0.3 is 4.42 Å². The van der Waals surface area contributed by atoms with E-state index in [0.29, 0.717) is 15.6 Å². The second-order valence-corrected chi connectivity index (χ2v) is 5.43. The molecule has 1 heterocycles. The molecule has 0 saturated carbocycles. The summed E-state index contributed by atoms with van der Waals surface area (Å²) in [5.74, 6) is -0.291. The number of nitrogens with zero attached hydrogens (tertiary/aromatic N) is 1. The molecule has 5 nitrogen and oxygen atoms in total. The van der Waals surface area contributed by atoms with Gasteiger partial charge in [0.2, 0.25) is 0 Å². The lowest BCUT2D eigenvalue weighted by molar-refractivity contribution is -0.402. The van der Waals surface area contributed by atoms with Crippen molar-refractivity contribution < 1.29 is 14.1 Å². The third-order valence-corrected chi connectivity index (χ3v) is 3.99. The van der Waals surface area contributed by atoms with E-state index in [2.05, 4.69) is 0 Å². The molecule has 1 aromatic heterocycles. The first-order valence-corrected chi connectivity index (χ1v) is 7.07. The molecule has 0 aliphatic heterocycles. The molecule has 1 aromatic carbocycles. The molecule has 2 rings (SSSR count). The Morgan fingerprint density at radius 2 is 1.90 bits per heavy atom. The summed E-state index contributed by atoms with van der Waals surface area (Å²) < 4.78 is 4.82. The molecule has 0 spiro atoms. The van der Waals surface area contributed by atoms with Gasteiger partial charge in [-0.3, -0.25) is 14.9 Å². The summed E-state index contributed by atoms with van der Waals surface area (Å²) in [7, 11) is 0. The number of furan rings is 1. The molecule has 0 fully saturated rings. The molecule has 8 heteroatoms. The van der Waals surface area contributed by atoms with Crippen LogP contribution in [0.3, 0.4) is 0 Å². The average Bonchev–Trinajstić information content (AvgIpc) is 2.87. The first-order chi connectivity index (χ1) is 9.49. The molecule has 0 N–H and O–H groups in total. The van der Waals surface area contributed by atoms with Crippen molar-refractivity contribution in [3.8, 4) is 0 Å². The Hall–Kier alpha value is -1.50. The van der Waals surface area contributed by atoms with E-state index in [1.165, 1.54) is 6.07 Å². The van der Waals surface area contributed by atoms with Gasteiger partial charge in [-0.05, 0) is 23.8 Å². The molecule has 2 aromatic rings. The third kappa shape index (κ3) is 3.33. The maximum absolute atomic E-state index is 11.8. The molecule has 0 aliphatic carbocycles. The van der Waals surface area contributed by atoms with Crippen LogP contribution in [0.4, 0.5) is 5.88 Å². The average molecular weight is 332 g/mol. The lowest BCUT2D eigenvalue weighted by Crippen LogP contribution is -1.93. The molecule has 0 radical (unpaired) electrons. The first kappa shape index (κ1) is 14.9. The summed E-state index contributed by atoms with van der Waals surface area (Å²) in [5, 5.41) is 11.0. The Balaban J connectivity index is 2.07. The highest BCUT2D eigenvalue weighted by Gasteiger charge is 2.18. The van der Waals surface area contributed by atoms with Crippen molar-refractivity contribution in [1.82, 2.24) is 0 Å². The van der Waals surface area contributed by atoms with E-state index in [9.17, 15) is 14.9 Å². The van der Waals surface area contributed by atoms with Crippen molar-refractivity contribution in [1.29, 1.82) is 0 Å². The minimum Gasteiger partial charge on any atom is -0.397 e. The van der Waals surface area contributed by atoms with Gasteiger partial charge in [0.1, 0.15) is 4.92 Å². The van der Waals surface area contributed by atoms with Crippen molar-refractivity contribution in [3.63, 3.8) is 0 Å². The van der Waals surface area contributed by atoms with Crippen LogP contribution in [0.5, 0.6) is 0 Å². The minimum absolute atomic E-state index is 0.0788. The van der Waals surface area contributed by atoms with E-state index in [1.54, 1.807) is 18.2 Å². The quantitative estimate of drug-likeness (QED) is 0.606. The Bertz CT molecular complexity index is 651. The Labute approximate surface area is 128 Å². The van der Waals surface area contributed by atoms with E-state index < -0.39 is 15.9 Å². The Morgan fingerprint density at radius 1 is 1.25 bits per heavy atom. The number of thioether (sulfide) groups is 1. The van der Waals surface area contributed by atoms with Crippen LogP contribution in [0.15, 0.2) is 34.7 Å². The number of carbonyl (C=O) groups excluding carboxylic acids is 1. The maximum Gasteiger partial charge on any atom is 0.433 e. The van der Waals surface area contributed by atoms with E-state index in [4.69, 9.17) is 27.6 Å². The fraction of sp³-hybridized carbons (Fsp3) is 0.0833. The fourth-order valence-corrected chi connectivity index (χ4v) is 2.94. The predicted molar refractivity (Wildman–Crippen MR) is 77.4 cm³/mol. The van der Waals surface area contributed by atoms with Gasteiger partial charge in [-0.2, -0.15) is 0 Å². The van der Waals surface area contributed by atoms with Gasteiger partial charge in [0.05, 0.1) is 6.07 Å². The summed E-state index contributed by atoms with van der Waals surface area (Å²) >= 11 is 12.9. The minimum atomic E-state index is -0.702. The second-order valence-electron chi connectivity index (χ2n) is 3.67. The van der Waals surface area contributed by atoms with Gasteiger partial charge in [0.25, 0.3) is 5.12 Å². The molecular formula is C12H7Cl2NO4S. The maximum atomic E-state index is 11.8. The van der Waals surface area contributed by atoms with Gasteiger partial charge in [0, 0.05) is 15.8 Å². The van der Waals surface area contributed by atoms with Gasteiger partial charge in [-0.15, -0.1) is 0 Å². The lowest BCUT2D eigenvalue weighted by Gasteiger charge is -2.04. The number of nitro groups is 1. The summed E-state index contributed by atoms with van der Waals surface area (Å²) in [6.07, 6.45) is 0. The first-order valence-electron chi connectivity index (χ1n) is 5.33. The van der Waals surface area contributed by atoms with Crippen molar-refractivity contribution >= 4 is 46.0 Å². The summed E-state index contributed by atoms with van der Waals surface area (Å²) in [6.45, 7) is 0. The van der Waals surface area contributed by atoms with Crippen LogP contribution in [0.25, 0.3) is 0 Å². The van der Waals surface area contributed by atoms with Crippen LogP contribution in [-0.4, -0.2) is 10.0 Å². The van der Waals surface area contributed by atoms with Crippen LogP contribution in [0.1, 0.15) is 16.1 Å².